The fourth-order valence-corrected chi connectivity index (χ4v) is 7.78. The quantitative estimate of drug-likeness (QED) is 0.554. The number of nitrogens with zero attached hydrogens (tertiary/aromatic N) is 3. The molecule has 3 aliphatic rings. The molecule has 10 nitrogen and oxygen atoms in total. The average Bonchev–Trinajstić information content (AvgIpc) is 3.34. The van der Waals surface area contributed by atoms with Crippen molar-refractivity contribution in [3.63, 3.8) is 0 Å². The fraction of sp³-hybridized carbons (Fsp3) is 0.632. The van der Waals surface area contributed by atoms with Crippen molar-refractivity contribution in [3.8, 4) is 11.5 Å². The zero-order valence-corrected chi connectivity index (χ0v) is 19.2. The van der Waals surface area contributed by atoms with Crippen LogP contribution in [0.25, 0.3) is 0 Å². The van der Waals surface area contributed by atoms with E-state index >= 15 is 0 Å². The highest BCUT2D eigenvalue weighted by Gasteiger charge is 2.45. The zero-order valence-electron chi connectivity index (χ0n) is 17.6. The van der Waals surface area contributed by atoms with E-state index in [2.05, 4.69) is 0 Å². The SMILES string of the molecule is CN(C)N(C(=O)C1CCCN1S(=O)(=O)c1ccc2c(c1)OCCO2)C1CCS(=O)(=O)C1. The molecule has 1 amide bonds. The minimum absolute atomic E-state index is 0.0269. The highest BCUT2D eigenvalue weighted by molar-refractivity contribution is 7.91. The van der Waals surface area contributed by atoms with E-state index < -0.39 is 37.9 Å². The van der Waals surface area contributed by atoms with Crippen LogP contribution in [0.15, 0.2) is 23.1 Å². The fourth-order valence-electron chi connectivity index (χ4n) is 4.42. The summed E-state index contributed by atoms with van der Waals surface area (Å²) in [7, 11) is -3.83. The number of sulfone groups is 1. The number of fused-ring (bicyclic) bond motifs is 1. The van der Waals surface area contributed by atoms with Gasteiger partial charge in [-0.15, -0.1) is 0 Å². The summed E-state index contributed by atoms with van der Waals surface area (Å²) in [5, 5.41) is 2.97. The molecule has 2 saturated heterocycles. The van der Waals surface area contributed by atoms with Crippen LogP contribution < -0.4 is 9.47 Å². The Hall–Kier alpha value is -1.89. The number of hydrogen-bond donors (Lipinski definition) is 0. The molecule has 0 N–H and O–H groups in total. The predicted octanol–water partition coefficient (Wildman–Crippen LogP) is 0.103. The van der Waals surface area contributed by atoms with Gasteiger partial charge in [-0.3, -0.25) is 9.80 Å². The number of ether oxygens (including phenoxy) is 2. The summed E-state index contributed by atoms with van der Waals surface area (Å²) in [4.78, 5) is 13.5. The maximum atomic E-state index is 13.4. The number of carbonyl (C=O) groups is 1. The summed E-state index contributed by atoms with van der Waals surface area (Å²) in [6.07, 6.45) is 1.27. The number of carbonyl (C=O) groups excluding carboxylic acids is 1. The lowest BCUT2D eigenvalue weighted by molar-refractivity contribution is -0.152. The lowest BCUT2D eigenvalue weighted by Crippen LogP contribution is -2.56. The molecule has 0 aromatic heterocycles. The van der Waals surface area contributed by atoms with Gasteiger partial charge in [0.1, 0.15) is 19.3 Å². The first-order valence-electron chi connectivity index (χ1n) is 10.2. The highest BCUT2D eigenvalue weighted by Crippen LogP contribution is 2.35. The van der Waals surface area contributed by atoms with Crippen LogP contribution in [-0.4, -0.2) is 94.5 Å². The van der Waals surface area contributed by atoms with Crippen molar-refractivity contribution in [1.29, 1.82) is 0 Å². The van der Waals surface area contributed by atoms with E-state index in [9.17, 15) is 21.6 Å². The second-order valence-electron chi connectivity index (χ2n) is 8.17. The van der Waals surface area contributed by atoms with Gasteiger partial charge in [0, 0.05) is 26.7 Å². The Morgan fingerprint density at radius 3 is 2.48 bits per heavy atom. The predicted molar refractivity (Wildman–Crippen MR) is 112 cm³/mol. The summed E-state index contributed by atoms with van der Waals surface area (Å²) in [5.74, 6) is 0.365. The standard InChI is InChI=1S/C19H27N3O7S2/c1-20(2)22(14-7-11-30(24,25)13-14)19(23)16-4-3-8-21(16)31(26,27)15-5-6-17-18(12-15)29-10-9-28-17/h5-6,12,14,16H,3-4,7-11,13H2,1-2H3. The third kappa shape index (κ3) is 4.26. The molecular weight excluding hydrogens is 446 g/mol. The Kier molecular flexibility index (Phi) is 5.92. The number of amides is 1. The zero-order chi connectivity index (χ0) is 22.4. The van der Waals surface area contributed by atoms with Crippen LogP contribution in [0.4, 0.5) is 0 Å². The van der Waals surface area contributed by atoms with Gasteiger partial charge < -0.3 is 9.47 Å². The molecule has 0 saturated carbocycles. The molecular formula is C19H27N3O7S2. The van der Waals surface area contributed by atoms with Crippen molar-refractivity contribution in [2.24, 2.45) is 0 Å². The number of sulfonamides is 1. The van der Waals surface area contributed by atoms with Crippen molar-refractivity contribution in [2.45, 2.75) is 36.2 Å². The maximum Gasteiger partial charge on any atom is 0.255 e. The van der Waals surface area contributed by atoms with E-state index in [4.69, 9.17) is 9.47 Å². The van der Waals surface area contributed by atoms with Crippen molar-refractivity contribution < 1.29 is 31.1 Å². The number of hydrogen-bond acceptors (Lipinski definition) is 8. The second-order valence-corrected chi connectivity index (χ2v) is 12.3. The number of benzene rings is 1. The van der Waals surface area contributed by atoms with E-state index in [1.165, 1.54) is 21.4 Å². The minimum atomic E-state index is -3.96. The van der Waals surface area contributed by atoms with Gasteiger partial charge in [-0.2, -0.15) is 4.31 Å². The van der Waals surface area contributed by atoms with E-state index in [0.29, 0.717) is 44.0 Å². The highest BCUT2D eigenvalue weighted by atomic mass is 32.2. The lowest BCUT2D eigenvalue weighted by atomic mass is 10.1. The average molecular weight is 474 g/mol. The molecule has 12 heteroatoms. The van der Waals surface area contributed by atoms with E-state index in [1.807, 2.05) is 0 Å². The Bertz CT molecular complexity index is 1070. The topological polar surface area (TPSA) is 114 Å². The maximum absolute atomic E-state index is 13.4. The molecule has 0 bridgehead atoms. The Labute approximate surface area is 182 Å². The van der Waals surface area contributed by atoms with Gasteiger partial charge in [-0.1, -0.05) is 0 Å². The van der Waals surface area contributed by atoms with E-state index in [0.717, 1.165) is 0 Å². The van der Waals surface area contributed by atoms with E-state index in [-0.39, 0.29) is 22.9 Å². The molecule has 31 heavy (non-hydrogen) atoms. The molecule has 2 fully saturated rings. The molecule has 0 spiro atoms. The molecule has 0 radical (unpaired) electrons. The van der Waals surface area contributed by atoms with Crippen LogP contribution in [-0.2, 0) is 24.7 Å². The van der Waals surface area contributed by atoms with Crippen molar-refractivity contribution in [3.05, 3.63) is 18.2 Å². The second kappa shape index (κ2) is 8.23. The van der Waals surface area contributed by atoms with Gasteiger partial charge in [-0.25, -0.2) is 21.8 Å². The minimum Gasteiger partial charge on any atom is -0.486 e. The van der Waals surface area contributed by atoms with E-state index in [1.54, 1.807) is 25.2 Å². The summed E-state index contributed by atoms with van der Waals surface area (Å²) >= 11 is 0. The summed E-state index contributed by atoms with van der Waals surface area (Å²) in [6, 6.07) is 3.06. The van der Waals surface area contributed by atoms with Gasteiger partial charge in [0.25, 0.3) is 5.91 Å². The van der Waals surface area contributed by atoms with Crippen molar-refractivity contribution in [2.75, 3.05) is 45.4 Å². The number of hydrazine groups is 1. The molecule has 2 unspecified atom stereocenters. The van der Waals surface area contributed by atoms with Crippen LogP contribution in [0, 0.1) is 0 Å². The number of rotatable bonds is 5. The van der Waals surface area contributed by atoms with Gasteiger partial charge >= 0.3 is 0 Å². The largest absolute Gasteiger partial charge is 0.486 e. The Morgan fingerprint density at radius 1 is 1.13 bits per heavy atom. The Morgan fingerprint density at radius 2 is 1.84 bits per heavy atom. The Balaban J connectivity index is 1.61. The molecule has 3 aliphatic heterocycles. The van der Waals surface area contributed by atoms with Gasteiger partial charge in [0.2, 0.25) is 10.0 Å². The van der Waals surface area contributed by atoms with Crippen LogP contribution in [0.5, 0.6) is 11.5 Å². The summed E-state index contributed by atoms with van der Waals surface area (Å²) in [5.41, 5.74) is 0. The van der Waals surface area contributed by atoms with Crippen molar-refractivity contribution >= 4 is 25.8 Å². The third-order valence-electron chi connectivity index (χ3n) is 5.82. The summed E-state index contributed by atoms with van der Waals surface area (Å²) in [6.45, 7) is 0.958. The molecule has 3 heterocycles. The van der Waals surface area contributed by atoms with Gasteiger partial charge in [-0.05, 0) is 31.4 Å². The molecule has 0 aliphatic carbocycles. The lowest BCUT2D eigenvalue weighted by Gasteiger charge is -2.37. The normalized spacial score (nSPS) is 25.6. The van der Waals surface area contributed by atoms with Crippen LogP contribution in [0.2, 0.25) is 0 Å². The first-order chi connectivity index (χ1) is 14.6. The van der Waals surface area contributed by atoms with Gasteiger partial charge in [0.15, 0.2) is 21.3 Å². The third-order valence-corrected chi connectivity index (χ3v) is 9.47. The first kappa shape index (κ1) is 22.3. The smallest absolute Gasteiger partial charge is 0.255 e. The molecule has 2 atom stereocenters. The summed E-state index contributed by atoms with van der Waals surface area (Å²) < 4.78 is 62.9. The molecule has 1 aromatic carbocycles. The van der Waals surface area contributed by atoms with Crippen LogP contribution in [0.3, 0.4) is 0 Å². The van der Waals surface area contributed by atoms with Crippen LogP contribution in [0.1, 0.15) is 19.3 Å². The molecule has 1 aromatic rings. The van der Waals surface area contributed by atoms with Crippen LogP contribution >= 0.6 is 0 Å². The van der Waals surface area contributed by atoms with Crippen molar-refractivity contribution in [1.82, 2.24) is 14.3 Å². The van der Waals surface area contributed by atoms with Gasteiger partial charge in [0.05, 0.1) is 22.4 Å². The molecule has 172 valence electrons. The monoisotopic (exact) mass is 473 g/mol. The first-order valence-corrected chi connectivity index (χ1v) is 13.5. The molecule has 4 rings (SSSR count).